The van der Waals surface area contributed by atoms with E-state index in [1.54, 1.807) is 12.1 Å². The molecule has 1 aromatic rings. The van der Waals surface area contributed by atoms with E-state index in [0.717, 1.165) is 0 Å². The summed E-state index contributed by atoms with van der Waals surface area (Å²) in [6.07, 6.45) is 0. The monoisotopic (exact) mass is 296 g/mol. The Morgan fingerprint density at radius 1 is 1.35 bits per heavy atom. The second-order valence-electron chi connectivity index (χ2n) is 4.40. The molecule has 0 aromatic heterocycles. The SMILES string of the molecule is Nc1ccc(Cl)cc1NC(=O)CN1CC(=O)NC(=O)C1. The first kappa shape index (κ1) is 14.3. The Hall–Kier alpha value is -2.12. The molecule has 0 radical (unpaired) electrons. The third-order valence-electron chi connectivity index (χ3n) is 2.67. The first-order valence-electron chi connectivity index (χ1n) is 5.84. The molecule has 0 spiro atoms. The van der Waals surface area contributed by atoms with Crippen LogP contribution in [0.2, 0.25) is 5.02 Å². The van der Waals surface area contributed by atoms with Crippen LogP contribution in [-0.4, -0.2) is 42.3 Å². The summed E-state index contributed by atoms with van der Waals surface area (Å²) in [5.74, 6) is -1.21. The summed E-state index contributed by atoms with van der Waals surface area (Å²) < 4.78 is 0. The van der Waals surface area contributed by atoms with Gasteiger partial charge in [0.05, 0.1) is 31.0 Å². The van der Waals surface area contributed by atoms with E-state index in [4.69, 9.17) is 17.3 Å². The van der Waals surface area contributed by atoms with Crippen LogP contribution < -0.4 is 16.4 Å². The molecule has 0 aliphatic carbocycles. The fourth-order valence-electron chi connectivity index (χ4n) is 1.84. The highest BCUT2D eigenvalue weighted by Crippen LogP contribution is 2.22. The predicted molar refractivity (Wildman–Crippen MR) is 74.1 cm³/mol. The molecule has 0 atom stereocenters. The van der Waals surface area contributed by atoms with Crippen molar-refractivity contribution in [2.45, 2.75) is 0 Å². The molecule has 0 bridgehead atoms. The number of hydrogen-bond acceptors (Lipinski definition) is 5. The van der Waals surface area contributed by atoms with Crippen molar-refractivity contribution in [3.63, 3.8) is 0 Å². The van der Waals surface area contributed by atoms with Crippen molar-refractivity contribution >= 4 is 40.7 Å². The third-order valence-corrected chi connectivity index (χ3v) is 2.91. The maximum Gasteiger partial charge on any atom is 0.240 e. The minimum Gasteiger partial charge on any atom is -0.397 e. The van der Waals surface area contributed by atoms with E-state index < -0.39 is 11.8 Å². The van der Waals surface area contributed by atoms with Gasteiger partial charge in [0.2, 0.25) is 17.7 Å². The van der Waals surface area contributed by atoms with Crippen LogP contribution in [0.15, 0.2) is 18.2 Å². The summed E-state index contributed by atoms with van der Waals surface area (Å²) in [4.78, 5) is 35.7. The van der Waals surface area contributed by atoms with Crippen molar-refractivity contribution in [3.05, 3.63) is 23.2 Å². The van der Waals surface area contributed by atoms with Crippen LogP contribution in [-0.2, 0) is 14.4 Å². The quantitative estimate of drug-likeness (QED) is 0.530. The van der Waals surface area contributed by atoms with Gasteiger partial charge in [0.1, 0.15) is 0 Å². The topological polar surface area (TPSA) is 105 Å². The highest BCUT2D eigenvalue weighted by Gasteiger charge is 2.24. The zero-order valence-corrected chi connectivity index (χ0v) is 11.2. The molecule has 106 valence electrons. The minimum atomic E-state index is -0.420. The Labute approximate surface area is 120 Å². The summed E-state index contributed by atoms with van der Waals surface area (Å²) in [5.41, 5.74) is 6.49. The van der Waals surface area contributed by atoms with E-state index in [0.29, 0.717) is 16.4 Å². The van der Waals surface area contributed by atoms with Crippen molar-refractivity contribution in [2.75, 3.05) is 30.7 Å². The average Bonchev–Trinajstić information content (AvgIpc) is 2.32. The van der Waals surface area contributed by atoms with Crippen molar-refractivity contribution in [1.29, 1.82) is 0 Å². The number of hydrogen-bond donors (Lipinski definition) is 3. The number of piperazine rings is 1. The van der Waals surface area contributed by atoms with E-state index >= 15 is 0 Å². The highest BCUT2D eigenvalue weighted by atomic mass is 35.5. The summed E-state index contributed by atoms with van der Waals surface area (Å²) in [6.45, 7) is -0.0700. The van der Waals surface area contributed by atoms with Gasteiger partial charge in [0.25, 0.3) is 0 Å². The number of imide groups is 1. The molecule has 3 amide bonds. The average molecular weight is 297 g/mol. The number of nitrogens with zero attached hydrogens (tertiary/aromatic N) is 1. The van der Waals surface area contributed by atoms with Gasteiger partial charge in [-0.05, 0) is 18.2 Å². The predicted octanol–water partition coefficient (Wildman–Crippen LogP) is -0.181. The largest absolute Gasteiger partial charge is 0.397 e. The number of benzene rings is 1. The Balaban J connectivity index is 1.97. The zero-order chi connectivity index (χ0) is 14.7. The van der Waals surface area contributed by atoms with Crippen LogP contribution in [0, 0.1) is 0 Å². The molecule has 0 unspecified atom stereocenters. The molecule has 4 N–H and O–H groups in total. The van der Waals surface area contributed by atoms with Gasteiger partial charge in [-0.15, -0.1) is 0 Å². The van der Waals surface area contributed by atoms with Gasteiger partial charge in [-0.3, -0.25) is 24.6 Å². The standard InChI is InChI=1S/C12H13ClN4O3/c13-7-1-2-8(14)9(3-7)15-10(18)4-17-5-11(19)16-12(20)6-17/h1-3H,4-6,14H2,(H,15,18)(H,16,19,20). The van der Waals surface area contributed by atoms with Crippen LogP contribution >= 0.6 is 11.6 Å². The first-order chi connectivity index (χ1) is 9.44. The van der Waals surface area contributed by atoms with E-state index in [9.17, 15) is 14.4 Å². The van der Waals surface area contributed by atoms with Gasteiger partial charge in [0.15, 0.2) is 0 Å². The van der Waals surface area contributed by atoms with Gasteiger partial charge in [-0.2, -0.15) is 0 Å². The number of carbonyl (C=O) groups is 3. The van der Waals surface area contributed by atoms with Gasteiger partial charge in [-0.1, -0.05) is 11.6 Å². The molecule has 1 aromatic carbocycles. The molecule has 1 fully saturated rings. The van der Waals surface area contributed by atoms with Crippen molar-refractivity contribution in [1.82, 2.24) is 10.2 Å². The van der Waals surface area contributed by atoms with Gasteiger partial charge >= 0.3 is 0 Å². The normalized spacial score (nSPS) is 15.8. The molecule has 0 saturated carbocycles. The summed E-state index contributed by atoms with van der Waals surface area (Å²) in [6, 6.07) is 4.72. The summed E-state index contributed by atoms with van der Waals surface area (Å²) in [7, 11) is 0. The molecule has 1 aliphatic heterocycles. The molecule has 8 heteroatoms. The van der Waals surface area contributed by atoms with E-state index in [-0.39, 0.29) is 25.5 Å². The van der Waals surface area contributed by atoms with Crippen LogP contribution in [0.3, 0.4) is 0 Å². The molecular formula is C12H13ClN4O3. The second kappa shape index (κ2) is 5.89. The van der Waals surface area contributed by atoms with Crippen molar-refractivity contribution in [2.24, 2.45) is 0 Å². The Morgan fingerprint density at radius 3 is 2.65 bits per heavy atom. The van der Waals surface area contributed by atoms with Crippen molar-refractivity contribution < 1.29 is 14.4 Å². The highest BCUT2D eigenvalue weighted by molar-refractivity contribution is 6.31. The number of carbonyl (C=O) groups excluding carboxylic acids is 3. The molecular weight excluding hydrogens is 284 g/mol. The molecule has 1 heterocycles. The number of anilines is 2. The number of halogens is 1. The molecule has 7 nitrogen and oxygen atoms in total. The summed E-state index contributed by atoms with van der Waals surface area (Å²) in [5, 5.41) is 5.20. The minimum absolute atomic E-state index is 0.00415. The van der Waals surface area contributed by atoms with Crippen LogP contribution in [0.5, 0.6) is 0 Å². The number of nitrogens with one attached hydrogen (secondary N) is 2. The van der Waals surface area contributed by atoms with Gasteiger partial charge < -0.3 is 11.1 Å². The maximum absolute atomic E-state index is 11.9. The Kier molecular flexibility index (Phi) is 4.21. The number of amides is 3. The fourth-order valence-corrected chi connectivity index (χ4v) is 2.01. The lowest BCUT2D eigenvalue weighted by Gasteiger charge is -2.24. The van der Waals surface area contributed by atoms with Crippen LogP contribution in [0.25, 0.3) is 0 Å². The lowest BCUT2D eigenvalue weighted by Crippen LogP contribution is -2.53. The van der Waals surface area contributed by atoms with Gasteiger partial charge in [0, 0.05) is 5.02 Å². The summed E-state index contributed by atoms with van der Waals surface area (Å²) >= 11 is 5.82. The lowest BCUT2D eigenvalue weighted by atomic mass is 10.2. The number of nitrogen functional groups attached to an aromatic ring is 1. The van der Waals surface area contributed by atoms with E-state index in [1.807, 2.05) is 0 Å². The lowest BCUT2D eigenvalue weighted by molar-refractivity contribution is -0.136. The van der Waals surface area contributed by atoms with Crippen LogP contribution in [0.1, 0.15) is 0 Å². The Morgan fingerprint density at radius 2 is 2.00 bits per heavy atom. The molecule has 1 aliphatic rings. The number of rotatable bonds is 3. The smallest absolute Gasteiger partial charge is 0.240 e. The molecule has 20 heavy (non-hydrogen) atoms. The second-order valence-corrected chi connectivity index (χ2v) is 4.83. The Bertz CT molecular complexity index is 560. The number of nitrogens with two attached hydrogens (primary N) is 1. The third kappa shape index (κ3) is 3.69. The molecule has 2 rings (SSSR count). The first-order valence-corrected chi connectivity index (χ1v) is 6.22. The maximum atomic E-state index is 11.9. The van der Waals surface area contributed by atoms with Gasteiger partial charge in [-0.25, -0.2) is 0 Å². The van der Waals surface area contributed by atoms with E-state index in [1.165, 1.54) is 11.0 Å². The van der Waals surface area contributed by atoms with E-state index in [2.05, 4.69) is 10.6 Å². The fraction of sp³-hybridized carbons (Fsp3) is 0.250. The van der Waals surface area contributed by atoms with Crippen LogP contribution in [0.4, 0.5) is 11.4 Å². The zero-order valence-electron chi connectivity index (χ0n) is 10.5. The molecule has 1 saturated heterocycles. The van der Waals surface area contributed by atoms with Crippen molar-refractivity contribution in [3.8, 4) is 0 Å².